The Morgan fingerprint density at radius 1 is 1.40 bits per heavy atom. The third-order valence-corrected chi connectivity index (χ3v) is 3.62. The van der Waals surface area contributed by atoms with Crippen molar-refractivity contribution >= 4 is 27.4 Å². The monoisotopic (exact) mass is 220 g/mol. The minimum absolute atomic E-state index is 0.210. The first-order valence-electron chi connectivity index (χ1n) is 4.87. The maximum atomic E-state index is 10.5. The van der Waals surface area contributed by atoms with Crippen molar-refractivity contribution < 1.29 is 9.90 Å². The van der Waals surface area contributed by atoms with Gasteiger partial charge in [0.2, 0.25) is 0 Å². The van der Waals surface area contributed by atoms with Gasteiger partial charge in [-0.15, -0.1) is 11.3 Å². The van der Waals surface area contributed by atoms with Crippen LogP contribution in [0.15, 0.2) is 24.3 Å². The molecule has 15 heavy (non-hydrogen) atoms. The van der Waals surface area contributed by atoms with Crippen LogP contribution >= 0.6 is 11.3 Å². The van der Waals surface area contributed by atoms with E-state index < -0.39 is 5.97 Å². The van der Waals surface area contributed by atoms with Gasteiger partial charge in [-0.05, 0) is 30.4 Å². The molecule has 1 aromatic carbocycles. The zero-order chi connectivity index (χ0) is 10.8. The number of aliphatic carboxylic acids is 1. The Hall–Kier alpha value is -1.35. The summed E-state index contributed by atoms with van der Waals surface area (Å²) in [5, 5.41) is 9.89. The van der Waals surface area contributed by atoms with Crippen LogP contribution in [0.5, 0.6) is 0 Å². The van der Waals surface area contributed by atoms with Gasteiger partial charge in [0.25, 0.3) is 0 Å². The Bertz CT molecular complexity index is 499. The molecule has 0 amide bonds. The van der Waals surface area contributed by atoms with Gasteiger partial charge in [-0.25, -0.2) is 0 Å². The highest BCUT2D eigenvalue weighted by Crippen LogP contribution is 2.31. The molecule has 0 spiro atoms. The van der Waals surface area contributed by atoms with Crippen LogP contribution < -0.4 is 0 Å². The summed E-state index contributed by atoms with van der Waals surface area (Å²) in [6.45, 7) is 2.06. The standard InChI is InChI=1S/C12H12O2S/c1-8-9(6-7-12(13)14)10-4-2-3-5-11(10)15-8/h2-5H,6-7H2,1H3,(H,13,14). The van der Waals surface area contributed by atoms with Crippen LogP contribution in [0.3, 0.4) is 0 Å². The van der Waals surface area contributed by atoms with Gasteiger partial charge in [0, 0.05) is 16.0 Å². The lowest BCUT2D eigenvalue weighted by atomic mass is 10.1. The van der Waals surface area contributed by atoms with Gasteiger partial charge in [0.1, 0.15) is 0 Å². The molecular formula is C12H12O2S. The van der Waals surface area contributed by atoms with Gasteiger partial charge >= 0.3 is 5.97 Å². The van der Waals surface area contributed by atoms with Crippen molar-refractivity contribution in [1.82, 2.24) is 0 Å². The lowest BCUT2D eigenvalue weighted by Crippen LogP contribution is -1.97. The lowest BCUT2D eigenvalue weighted by Gasteiger charge is -1.98. The number of thiophene rings is 1. The Morgan fingerprint density at radius 3 is 2.87 bits per heavy atom. The van der Waals surface area contributed by atoms with Gasteiger partial charge in [-0.3, -0.25) is 4.79 Å². The highest BCUT2D eigenvalue weighted by molar-refractivity contribution is 7.19. The number of aryl methyl sites for hydroxylation is 2. The topological polar surface area (TPSA) is 37.3 Å². The molecule has 1 heterocycles. The predicted molar refractivity (Wildman–Crippen MR) is 62.5 cm³/mol. The first-order chi connectivity index (χ1) is 7.18. The van der Waals surface area contributed by atoms with E-state index in [0.29, 0.717) is 6.42 Å². The summed E-state index contributed by atoms with van der Waals surface area (Å²) < 4.78 is 1.25. The number of fused-ring (bicyclic) bond motifs is 1. The van der Waals surface area contributed by atoms with E-state index in [4.69, 9.17) is 5.11 Å². The van der Waals surface area contributed by atoms with E-state index in [1.165, 1.54) is 20.5 Å². The van der Waals surface area contributed by atoms with Crippen LogP contribution in [-0.4, -0.2) is 11.1 Å². The van der Waals surface area contributed by atoms with Crippen LogP contribution in [0.4, 0.5) is 0 Å². The van der Waals surface area contributed by atoms with Crippen molar-refractivity contribution in [3.63, 3.8) is 0 Å². The molecule has 0 saturated heterocycles. The zero-order valence-corrected chi connectivity index (χ0v) is 9.30. The number of hydrogen-bond donors (Lipinski definition) is 1. The number of benzene rings is 1. The van der Waals surface area contributed by atoms with Crippen LogP contribution in [0.2, 0.25) is 0 Å². The molecule has 0 aliphatic carbocycles. The van der Waals surface area contributed by atoms with E-state index in [-0.39, 0.29) is 6.42 Å². The van der Waals surface area contributed by atoms with E-state index in [2.05, 4.69) is 19.1 Å². The average Bonchev–Trinajstić information content (AvgIpc) is 2.50. The highest BCUT2D eigenvalue weighted by atomic mass is 32.1. The molecule has 1 aromatic heterocycles. The molecular weight excluding hydrogens is 208 g/mol. The van der Waals surface area contributed by atoms with Gasteiger partial charge in [0.15, 0.2) is 0 Å². The van der Waals surface area contributed by atoms with E-state index in [0.717, 1.165) is 0 Å². The Balaban J connectivity index is 2.40. The average molecular weight is 220 g/mol. The van der Waals surface area contributed by atoms with Gasteiger partial charge in [-0.1, -0.05) is 18.2 Å². The fourth-order valence-electron chi connectivity index (χ4n) is 1.76. The second-order valence-corrected chi connectivity index (χ2v) is 4.78. The van der Waals surface area contributed by atoms with E-state index in [1.54, 1.807) is 11.3 Å². The van der Waals surface area contributed by atoms with E-state index in [1.807, 2.05) is 12.1 Å². The molecule has 0 bridgehead atoms. The fraction of sp³-hybridized carbons (Fsp3) is 0.250. The molecule has 0 atom stereocenters. The van der Waals surface area contributed by atoms with Gasteiger partial charge in [-0.2, -0.15) is 0 Å². The van der Waals surface area contributed by atoms with E-state index >= 15 is 0 Å². The van der Waals surface area contributed by atoms with Crippen molar-refractivity contribution in [2.24, 2.45) is 0 Å². The molecule has 0 aliphatic heterocycles. The molecule has 0 fully saturated rings. The largest absolute Gasteiger partial charge is 0.481 e. The quantitative estimate of drug-likeness (QED) is 0.862. The van der Waals surface area contributed by atoms with Crippen LogP contribution in [0.25, 0.3) is 10.1 Å². The minimum Gasteiger partial charge on any atom is -0.481 e. The molecule has 2 rings (SSSR count). The molecule has 0 radical (unpaired) electrons. The van der Waals surface area contributed by atoms with Crippen molar-refractivity contribution in [3.8, 4) is 0 Å². The molecule has 0 aliphatic rings. The Kier molecular flexibility index (Phi) is 2.73. The number of carboxylic acids is 1. The lowest BCUT2D eigenvalue weighted by molar-refractivity contribution is -0.136. The maximum absolute atomic E-state index is 10.5. The smallest absolute Gasteiger partial charge is 0.303 e. The second kappa shape index (κ2) is 4.03. The SMILES string of the molecule is Cc1sc2ccccc2c1CCC(=O)O. The van der Waals surface area contributed by atoms with Crippen molar-refractivity contribution in [1.29, 1.82) is 0 Å². The van der Waals surface area contributed by atoms with Gasteiger partial charge in [0.05, 0.1) is 0 Å². The normalized spacial score (nSPS) is 10.7. The number of hydrogen-bond acceptors (Lipinski definition) is 2. The maximum Gasteiger partial charge on any atom is 0.303 e. The second-order valence-electron chi connectivity index (χ2n) is 3.53. The molecule has 2 aromatic rings. The van der Waals surface area contributed by atoms with Crippen LogP contribution in [0, 0.1) is 6.92 Å². The van der Waals surface area contributed by atoms with Crippen molar-refractivity contribution in [2.45, 2.75) is 19.8 Å². The summed E-state index contributed by atoms with van der Waals surface area (Å²) in [4.78, 5) is 11.8. The number of carboxylic acid groups (broad SMARTS) is 1. The number of carbonyl (C=O) groups is 1. The Morgan fingerprint density at radius 2 is 2.13 bits per heavy atom. The zero-order valence-electron chi connectivity index (χ0n) is 8.49. The van der Waals surface area contributed by atoms with E-state index in [9.17, 15) is 4.79 Å². The first-order valence-corrected chi connectivity index (χ1v) is 5.69. The van der Waals surface area contributed by atoms with Crippen molar-refractivity contribution in [2.75, 3.05) is 0 Å². The molecule has 0 unspecified atom stereocenters. The third kappa shape index (κ3) is 2.02. The summed E-state index contributed by atoms with van der Waals surface area (Å²) >= 11 is 1.74. The third-order valence-electron chi connectivity index (χ3n) is 2.49. The molecule has 1 N–H and O–H groups in total. The highest BCUT2D eigenvalue weighted by Gasteiger charge is 2.09. The minimum atomic E-state index is -0.732. The predicted octanol–water partition coefficient (Wildman–Crippen LogP) is 3.23. The molecule has 3 heteroatoms. The molecule has 2 nitrogen and oxygen atoms in total. The van der Waals surface area contributed by atoms with Crippen molar-refractivity contribution in [3.05, 3.63) is 34.7 Å². The first kappa shape index (κ1) is 10.2. The number of rotatable bonds is 3. The summed E-state index contributed by atoms with van der Waals surface area (Å²) in [7, 11) is 0. The van der Waals surface area contributed by atoms with Crippen LogP contribution in [-0.2, 0) is 11.2 Å². The summed E-state index contributed by atoms with van der Waals surface area (Å²) in [6, 6.07) is 8.16. The Labute approximate surface area is 92.2 Å². The summed E-state index contributed by atoms with van der Waals surface area (Å²) in [6.07, 6.45) is 0.840. The summed E-state index contributed by atoms with van der Waals surface area (Å²) in [5.74, 6) is -0.732. The molecule has 78 valence electrons. The molecule has 0 saturated carbocycles. The van der Waals surface area contributed by atoms with Crippen LogP contribution in [0.1, 0.15) is 16.9 Å². The summed E-state index contributed by atoms with van der Waals surface area (Å²) in [5.41, 5.74) is 1.19. The van der Waals surface area contributed by atoms with Gasteiger partial charge < -0.3 is 5.11 Å². The fourth-order valence-corrected chi connectivity index (χ4v) is 2.88.